The van der Waals surface area contributed by atoms with Gasteiger partial charge in [0.25, 0.3) is 5.56 Å². The molecule has 0 unspecified atom stereocenters. The van der Waals surface area contributed by atoms with Crippen LogP contribution in [0.1, 0.15) is 37.4 Å². The highest BCUT2D eigenvalue weighted by Gasteiger charge is 2.23. The third kappa shape index (κ3) is 2.60. The summed E-state index contributed by atoms with van der Waals surface area (Å²) in [5.41, 5.74) is 3.62. The Kier molecular flexibility index (Phi) is 4.12. The Morgan fingerprint density at radius 2 is 1.89 bits per heavy atom. The first-order chi connectivity index (χ1) is 13.8. The lowest BCUT2D eigenvalue weighted by Crippen LogP contribution is -2.25. The molecule has 4 aromatic rings. The van der Waals surface area contributed by atoms with Crippen LogP contribution in [0.3, 0.4) is 0 Å². The molecule has 5 rings (SSSR count). The molecule has 3 heterocycles. The Balaban J connectivity index is 1.76. The van der Waals surface area contributed by atoms with Gasteiger partial charge in [-0.25, -0.2) is 4.98 Å². The molecule has 1 aliphatic carbocycles. The monoisotopic (exact) mass is 376 g/mol. The molecule has 1 aliphatic rings. The van der Waals surface area contributed by atoms with Crippen LogP contribution in [-0.4, -0.2) is 36.5 Å². The predicted molar refractivity (Wildman–Crippen MR) is 104 cm³/mol. The van der Waals surface area contributed by atoms with Gasteiger partial charge in [0.2, 0.25) is 0 Å². The number of hydrogen-bond acceptors (Lipinski definition) is 6. The van der Waals surface area contributed by atoms with E-state index in [0.717, 1.165) is 42.5 Å². The summed E-state index contributed by atoms with van der Waals surface area (Å²) in [6.07, 6.45) is 5.91. The van der Waals surface area contributed by atoms with Crippen molar-refractivity contribution in [3.8, 4) is 11.1 Å². The van der Waals surface area contributed by atoms with Gasteiger partial charge in [-0.3, -0.25) is 9.36 Å². The van der Waals surface area contributed by atoms with Crippen LogP contribution in [0.25, 0.3) is 27.9 Å². The Bertz CT molecular complexity index is 1210. The molecule has 0 bridgehead atoms. The van der Waals surface area contributed by atoms with Gasteiger partial charge in [-0.15, -0.1) is 10.2 Å². The third-order valence-electron chi connectivity index (χ3n) is 5.39. The van der Waals surface area contributed by atoms with E-state index < -0.39 is 0 Å². The van der Waals surface area contributed by atoms with Crippen molar-refractivity contribution in [2.24, 2.45) is 0 Å². The van der Waals surface area contributed by atoms with Gasteiger partial charge < -0.3 is 4.74 Å². The SMILES string of the molecule is COCc1nn2c(nnc3c(=O)n(C4CCCC4)cnc32)c1-c1ccccc1. The minimum Gasteiger partial charge on any atom is -0.378 e. The number of rotatable bonds is 4. The Morgan fingerprint density at radius 3 is 2.64 bits per heavy atom. The van der Waals surface area contributed by atoms with E-state index in [1.54, 1.807) is 22.5 Å². The smallest absolute Gasteiger partial charge is 0.283 e. The number of benzene rings is 1. The number of hydrogen-bond donors (Lipinski definition) is 0. The summed E-state index contributed by atoms with van der Waals surface area (Å²) in [6.45, 7) is 0.328. The molecular formula is C20H20N6O2. The average Bonchev–Trinajstić information content (AvgIpc) is 3.37. The number of fused-ring (bicyclic) bond motifs is 3. The van der Waals surface area contributed by atoms with Gasteiger partial charge in [-0.1, -0.05) is 43.2 Å². The maximum Gasteiger partial charge on any atom is 0.283 e. The average molecular weight is 376 g/mol. The van der Waals surface area contributed by atoms with Gasteiger partial charge in [0.1, 0.15) is 6.33 Å². The second-order valence-corrected chi connectivity index (χ2v) is 7.12. The van der Waals surface area contributed by atoms with Crippen molar-refractivity contribution in [1.82, 2.24) is 29.4 Å². The zero-order chi connectivity index (χ0) is 19.1. The van der Waals surface area contributed by atoms with Crippen molar-refractivity contribution >= 4 is 16.8 Å². The fraction of sp³-hybridized carbons (Fsp3) is 0.350. The zero-order valence-electron chi connectivity index (χ0n) is 15.6. The van der Waals surface area contributed by atoms with Gasteiger partial charge in [-0.05, 0) is 18.4 Å². The quantitative estimate of drug-likeness (QED) is 0.544. The highest BCUT2D eigenvalue weighted by molar-refractivity contribution is 5.83. The van der Waals surface area contributed by atoms with Gasteiger partial charge >= 0.3 is 0 Å². The first kappa shape index (κ1) is 17.0. The second-order valence-electron chi connectivity index (χ2n) is 7.12. The van der Waals surface area contributed by atoms with Crippen LogP contribution in [0, 0.1) is 0 Å². The third-order valence-corrected chi connectivity index (χ3v) is 5.39. The van der Waals surface area contributed by atoms with Crippen LogP contribution in [0.5, 0.6) is 0 Å². The molecule has 1 saturated carbocycles. The van der Waals surface area contributed by atoms with Crippen LogP contribution in [0.2, 0.25) is 0 Å². The van der Waals surface area contributed by atoms with E-state index in [4.69, 9.17) is 4.74 Å². The maximum absolute atomic E-state index is 13.0. The van der Waals surface area contributed by atoms with Gasteiger partial charge in [0, 0.05) is 13.2 Å². The molecular weight excluding hydrogens is 356 g/mol. The van der Waals surface area contributed by atoms with Crippen LogP contribution in [-0.2, 0) is 11.3 Å². The van der Waals surface area contributed by atoms with Crippen LogP contribution >= 0.6 is 0 Å². The number of nitrogens with zero attached hydrogens (tertiary/aromatic N) is 6. The fourth-order valence-corrected chi connectivity index (χ4v) is 4.06. The number of methoxy groups -OCH3 is 1. The van der Waals surface area contributed by atoms with Gasteiger partial charge in [0.05, 0.1) is 17.9 Å². The molecule has 0 N–H and O–H groups in total. The predicted octanol–water partition coefficient (Wildman–Crippen LogP) is 2.76. The molecule has 0 aliphatic heterocycles. The van der Waals surface area contributed by atoms with Crippen molar-refractivity contribution in [3.63, 3.8) is 0 Å². The summed E-state index contributed by atoms with van der Waals surface area (Å²) in [5.74, 6) is 0. The molecule has 28 heavy (non-hydrogen) atoms. The van der Waals surface area contributed by atoms with E-state index in [1.165, 1.54) is 0 Å². The van der Waals surface area contributed by atoms with E-state index in [0.29, 0.717) is 17.9 Å². The Labute approximate surface area is 160 Å². The minimum absolute atomic E-state index is 0.156. The summed E-state index contributed by atoms with van der Waals surface area (Å²) < 4.78 is 8.64. The molecule has 0 spiro atoms. The van der Waals surface area contributed by atoms with Crippen LogP contribution in [0.4, 0.5) is 0 Å². The lowest BCUT2D eigenvalue weighted by molar-refractivity contribution is 0.181. The molecule has 3 aromatic heterocycles. The van der Waals surface area contributed by atoms with Crippen LogP contribution < -0.4 is 5.56 Å². The summed E-state index contributed by atoms with van der Waals surface area (Å²) in [6, 6.07) is 10.1. The first-order valence-electron chi connectivity index (χ1n) is 9.47. The molecule has 1 fully saturated rings. The molecule has 0 amide bonds. The summed E-state index contributed by atoms with van der Waals surface area (Å²) in [4.78, 5) is 17.5. The lowest BCUT2D eigenvalue weighted by atomic mass is 10.1. The highest BCUT2D eigenvalue weighted by Crippen LogP contribution is 2.30. The highest BCUT2D eigenvalue weighted by atomic mass is 16.5. The van der Waals surface area contributed by atoms with Crippen molar-refractivity contribution < 1.29 is 4.74 Å². The van der Waals surface area contributed by atoms with Crippen molar-refractivity contribution in [2.45, 2.75) is 38.3 Å². The molecule has 0 radical (unpaired) electrons. The zero-order valence-corrected chi connectivity index (χ0v) is 15.6. The molecule has 1 aromatic carbocycles. The molecule has 0 atom stereocenters. The van der Waals surface area contributed by atoms with Gasteiger partial charge in [0.15, 0.2) is 16.8 Å². The standard InChI is InChI=1S/C20H20N6O2/c1-28-11-15-16(13-7-3-2-4-8-13)18-23-22-17-19(26(18)24-15)21-12-25(20(17)27)14-9-5-6-10-14/h2-4,7-8,12,14H,5-6,9-11H2,1H3. The van der Waals surface area contributed by atoms with E-state index in [9.17, 15) is 4.79 Å². The number of ether oxygens (including phenoxy) is 1. The van der Waals surface area contributed by atoms with Crippen LogP contribution in [0.15, 0.2) is 41.5 Å². The largest absolute Gasteiger partial charge is 0.378 e. The molecule has 8 heteroatoms. The van der Waals surface area contributed by atoms with Crippen molar-refractivity contribution in [1.29, 1.82) is 0 Å². The van der Waals surface area contributed by atoms with Crippen molar-refractivity contribution in [3.05, 3.63) is 52.7 Å². The fourth-order valence-electron chi connectivity index (χ4n) is 4.06. The maximum atomic E-state index is 13.0. The molecule has 8 nitrogen and oxygen atoms in total. The Hall–Kier alpha value is -3.13. The summed E-state index contributed by atoms with van der Waals surface area (Å²) in [7, 11) is 1.63. The van der Waals surface area contributed by atoms with E-state index >= 15 is 0 Å². The number of aromatic nitrogens is 6. The van der Waals surface area contributed by atoms with Crippen molar-refractivity contribution in [2.75, 3.05) is 7.11 Å². The molecule has 0 saturated heterocycles. The van der Waals surface area contributed by atoms with Gasteiger partial charge in [-0.2, -0.15) is 9.61 Å². The normalized spacial score (nSPS) is 15.0. The summed E-state index contributed by atoms with van der Waals surface area (Å²) >= 11 is 0. The summed E-state index contributed by atoms with van der Waals surface area (Å²) in [5, 5.41) is 13.3. The van der Waals surface area contributed by atoms with E-state index in [1.807, 2.05) is 30.3 Å². The molecule has 142 valence electrons. The second kappa shape index (κ2) is 6.79. The van der Waals surface area contributed by atoms with E-state index in [2.05, 4.69) is 20.3 Å². The topological polar surface area (TPSA) is 87.2 Å². The lowest BCUT2D eigenvalue weighted by Gasteiger charge is -2.12. The minimum atomic E-state index is -0.156. The van der Waals surface area contributed by atoms with E-state index in [-0.39, 0.29) is 17.1 Å². The first-order valence-corrected chi connectivity index (χ1v) is 9.47. The Morgan fingerprint density at radius 1 is 1.11 bits per heavy atom.